The molecule has 0 fully saturated rings. The van der Waals surface area contributed by atoms with Crippen molar-refractivity contribution in [1.29, 1.82) is 0 Å². The highest BCUT2D eigenvalue weighted by atomic mass is 32.2. The van der Waals surface area contributed by atoms with Crippen LogP contribution in [0.4, 0.5) is 5.69 Å². The van der Waals surface area contributed by atoms with Crippen LogP contribution in [0.2, 0.25) is 0 Å². The molecule has 0 bridgehead atoms. The van der Waals surface area contributed by atoms with Crippen molar-refractivity contribution in [2.24, 2.45) is 5.14 Å². The zero-order valence-electron chi connectivity index (χ0n) is 7.56. The second-order valence-corrected chi connectivity index (χ2v) is 4.50. The van der Waals surface area contributed by atoms with E-state index in [2.05, 4.69) is 0 Å². The van der Waals surface area contributed by atoms with Crippen molar-refractivity contribution in [3.63, 3.8) is 0 Å². The van der Waals surface area contributed by atoms with E-state index < -0.39 is 10.0 Å². The molecular formula is C8H12N2O2S. The lowest BCUT2D eigenvalue weighted by atomic mass is 10.3. The Labute approximate surface area is 78.0 Å². The van der Waals surface area contributed by atoms with Crippen LogP contribution in [0, 0.1) is 0 Å². The summed E-state index contributed by atoms with van der Waals surface area (Å²) in [5.41, 5.74) is 0.812. The Hall–Kier alpha value is -1.07. The van der Waals surface area contributed by atoms with E-state index in [1.165, 1.54) is 12.1 Å². The summed E-state index contributed by atoms with van der Waals surface area (Å²) in [6.07, 6.45) is 0. The maximum atomic E-state index is 11.0. The summed E-state index contributed by atoms with van der Waals surface area (Å²) >= 11 is 0. The number of anilines is 1. The first-order chi connectivity index (χ1) is 5.91. The topological polar surface area (TPSA) is 63.4 Å². The standard InChI is InChI=1S/C8H12N2O2S/c1-10(2)7-4-3-5-8(6-7)13(9,11)12/h3-6H,1-2H3,(H2,9,11,12). The molecule has 0 aliphatic carbocycles. The summed E-state index contributed by atoms with van der Waals surface area (Å²) in [5.74, 6) is 0. The quantitative estimate of drug-likeness (QED) is 0.751. The normalized spacial score (nSPS) is 11.3. The van der Waals surface area contributed by atoms with Gasteiger partial charge < -0.3 is 4.90 Å². The molecule has 0 amide bonds. The van der Waals surface area contributed by atoms with Crippen LogP contribution in [-0.2, 0) is 10.0 Å². The summed E-state index contributed by atoms with van der Waals surface area (Å²) in [5, 5.41) is 4.98. The van der Waals surface area contributed by atoms with Gasteiger partial charge in [0.05, 0.1) is 4.90 Å². The van der Waals surface area contributed by atoms with Crippen molar-refractivity contribution in [3.05, 3.63) is 24.3 Å². The lowest BCUT2D eigenvalue weighted by Crippen LogP contribution is -2.14. The van der Waals surface area contributed by atoms with Gasteiger partial charge in [0.1, 0.15) is 0 Å². The summed E-state index contributed by atoms with van der Waals surface area (Å²) in [7, 11) is 0.0856. The first-order valence-electron chi connectivity index (χ1n) is 3.71. The largest absolute Gasteiger partial charge is 0.378 e. The minimum atomic E-state index is -3.59. The third kappa shape index (κ3) is 2.43. The molecule has 0 saturated heterocycles. The van der Waals surface area contributed by atoms with E-state index in [9.17, 15) is 8.42 Å². The van der Waals surface area contributed by atoms with Gasteiger partial charge in [0.25, 0.3) is 0 Å². The van der Waals surface area contributed by atoms with Crippen molar-refractivity contribution in [2.75, 3.05) is 19.0 Å². The number of hydrogen-bond acceptors (Lipinski definition) is 3. The zero-order valence-corrected chi connectivity index (χ0v) is 8.38. The molecule has 0 radical (unpaired) electrons. The van der Waals surface area contributed by atoms with Gasteiger partial charge >= 0.3 is 0 Å². The molecule has 0 saturated carbocycles. The highest BCUT2D eigenvalue weighted by molar-refractivity contribution is 7.89. The summed E-state index contributed by atoms with van der Waals surface area (Å²) in [4.78, 5) is 1.95. The Balaban J connectivity index is 3.21. The summed E-state index contributed by atoms with van der Waals surface area (Å²) < 4.78 is 21.9. The smallest absolute Gasteiger partial charge is 0.238 e. The van der Waals surface area contributed by atoms with Gasteiger partial charge in [-0.25, -0.2) is 13.6 Å². The fourth-order valence-corrected chi connectivity index (χ4v) is 1.49. The van der Waals surface area contributed by atoms with Crippen LogP contribution < -0.4 is 10.0 Å². The second-order valence-electron chi connectivity index (χ2n) is 2.94. The SMILES string of the molecule is CN(C)c1cccc(S(N)(=O)=O)c1. The number of nitrogens with two attached hydrogens (primary N) is 1. The Morgan fingerprint density at radius 2 is 1.92 bits per heavy atom. The first kappa shape index (κ1) is 10.0. The molecule has 2 N–H and O–H groups in total. The third-order valence-electron chi connectivity index (χ3n) is 1.66. The van der Waals surface area contributed by atoms with Gasteiger partial charge in [-0.2, -0.15) is 0 Å². The summed E-state index contributed by atoms with van der Waals surface area (Å²) in [6, 6.07) is 6.49. The highest BCUT2D eigenvalue weighted by Gasteiger charge is 2.07. The Kier molecular flexibility index (Phi) is 2.58. The van der Waals surface area contributed by atoms with Crippen LogP contribution in [0.15, 0.2) is 29.2 Å². The van der Waals surface area contributed by atoms with Crippen molar-refractivity contribution >= 4 is 15.7 Å². The van der Waals surface area contributed by atoms with Gasteiger partial charge in [-0.1, -0.05) is 6.07 Å². The predicted octanol–water partition coefficient (Wildman–Crippen LogP) is 0.400. The van der Waals surface area contributed by atoms with Crippen LogP contribution in [0.25, 0.3) is 0 Å². The molecule has 1 aromatic rings. The summed E-state index contributed by atoms with van der Waals surface area (Å²) in [6.45, 7) is 0. The minimum Gasteiger partial charge on any atom is -0.378 e. The number of benzene rings is 1. The van der Waals surface area contributed by atoms with E-state index in [-0.39, 0.29) is 4.90 Å². The third-order valence-corrected chi connectivity index (χ3v) is 2.57. The maximum Gasteiger partial charge on any atom is 0.238 e. The predicted molar refractivity (Wildman–Crippen MR) is 52.1 cm³/mol. The van der Waals surface area contributed by atoms with Crippen LogP contribution in [-0.4, -0.2) is 22.5 Å². The monoisotopic (exact) mass is 200 g/mol. The first-order valence-corrected chi connectivity index (χ1v) is 5.26. The number of primary sulfonamides is 1. The Bertz CT molecular complexity index is 398. The molecule has 72 valence electrons. The highest BCUT2D eigenvalue weighted by Crippen LogP contribution is 2.15. The second kappa shape index (κ2) is 3.35. The van der Waals surface area contributed by atoms with Gasteiger partial charge in [-0.05, 0) is 18.2 Å². The molecule has 4 nitrogen and oxygen atoms in total. The van der Waals surface area contributed by atoms with Crippen LogP contribution in [0.3, 0.4) is 0 Å². The molecule has 0 heterocycles. The van der Waals surface area contributed by atoms with Crippen LogP contribution in [0.5, 0.6) is 0 Å². The number of nitrogens with zero attached hydrogens (tertiary/aromatic N) is 1. The zero-order chi connectivity index (χ0) is 10.1. The van der Waals surface area contributed by atoms with Gasteiger partial charge in [0.15, 0.2) is 0 Å². The van der Waals surface area contributed by atoms with Gasteiger partial charge in [0, 0.05) is 19.8 Å². The Morgan fingerprint density at radius 1 is 1.31 bits per heavy atom. The van der Waals surface area contributed by atoms with Crippen molar-refractivity contribution in [2.45, 2.75) is 4.90 Å². The number of hydrogen-bond donors (Lipinski definition) is 1. The molecule has 0 spiro atoms. The van der Waals surface area contributed by atoms with E-state index >= 15 is 0 Å². The molecule has 1 aromatic carbocycles. The fraction of sp³-hybridized carbons (Fsp3) is 0.250. The van der Waals surface area contributed by atoms with Crippen LogP contribution in [0.1, 0.15) is 0 Å². The van der Waals surface area contributed by atoms with Crippen molar-refractivity contribution < 1.29 is 8.42 Å². The molecule has 0 unspecified atom stereocenters. The molecular weight excluding hydrogens is 188 g/mol. The van der Waals surface area contributed by atoms with Crippen LogP contribution >= 0.6 is 0 Å². The molecule has 5 heteroatoms. The lowest BCUT2D eigenvalue weighted by Gasteiger charge is -2.12. The fourth-order valence-electron chi connectivity index (χ4n) is 0.939. The van der Waals surface area contributed by atoms with Gasteiger partial charge in [0.2, 0.25) is 10.0 Å². The Morgan fingerprint density at radius 3 is 2.38 bits per heavy atom. The van der Waals surface area contributed by atoms with E-state index in [1.54, 1.807) is 6.07 Å². The lowest BCUT2D eigenvalue weighted by molar-refractivity contribution is 0.598. The molecule has 0 atom stereocenters. The molecule has 0 aliphatic rings. The number of rotatable bonds is 2. The average molecular weight is 200 g/mol. The van der Waals surface area contributed by atoms with E-state index in [1.807, 2.05) is 25.1 Å². The maximum absolute atomic E-state index is 11.0. The molecule has 0 aromatic heterocycles. The minimum absolute atomic E-state index is 0.138. The number of sulfonamides is 1. The van der Waals surface area contributed by atoms with Crippen molar-refractivity contribution in [1.82, 2.24) is 0 Å². The molecule has 1 rings (SSSR count). The van der Waals surface area contributed by atoms with Gasteiger partial charge in [-0.3, -0.25) is 0 Å². The van der Waals surface area contributed by atoms with E-state index in [4.69, 9.17) is 5.14 Å². The molecule has 13 heavy (non-hydrogen) atoms. The molecule has 0 aliphatic heterocycles. The van der Waals surface area contributed by atoms with E-state index in [0.29, 0.717) is 0 Å². The van der Waals surface area contributed by atoms with E-state index in [0.717, 1.165) is 5.69 Å². The van der Waals surface area contributed by atoms with Crippen molar-refractivity contribution in [3.8, 4) is 0 Å². The van der Waals surface area contributed by atoms with Gasteiger partial charge in [-0.15, -0.1) is 0 Å². The average Bonchev–Trinajstić information content (AvgIpc) is 2.03.